The summed E-state index contributed by atoms with van der Waals surface area (Å²) in [4.78, 5) is 97.2. The molecule has 52 heavy (non-hydrogen) atoms. The van der Waals surface area contributed by atoms with Gasteiger partial charge in [0.15, 0.2) is 0 Å². The van der Waals surface area contributed by atoms with Crippen LogP contribution in [0, 0.1) is 34.0 Å². The second-order valence-electron chi connectivity index (χ2n) is 18.5. The summed E-state index contributed by atoms with van der Waals surface area (Å²) in [6, 6.07) is -4.14. The van der Waals surface area contributed by atoms with Crippen LogP contribution in [0.1, 0.15) is 113 Å². The topological polar surface area (TPSA) is 174 Å². The molecule has 290 valence electrons. The maximum atomic E-state index is 14.6. The zero-order chi connectivity index (χ0) is 38.8. The summed E-state index contributed by atoms with van der Waals surface area (Å²) in [5.41, 5.74) is -1.73. The Hall–Kier alpha value is -3.77. The number of fused-ring (bicyclic) bond motifs is 1. The molecule has 2 aliphatic carbocycles. The Balaban J connectivity index is 1.52. The van der Waals surface area contributed by atoms with Crippen molar-refractivity contribution in [1.29, 1.82) is 0 Å². The molecule has 0 unspecified atom stereocenters. The molecule has 6 atom stereocenters. The van der Waals surface area contributed by atoms with E-state index in [1.807, 2.05) is 55.4 Å². The van der Waals surface area contributed by atoms with Crippen LogP contribution in [-0.4, -0.2) is 95.0 Å². The molecule has 0 spiro atoms. The van der Waals surface area contributed by atoms with Crippen LogP contribution in [0.3, 0.4) is 0 Å². The highest BCUT2D eigenvalue weighted by Gasteiger charge is 2.52. The van der Waals surface area contributed by atoms with Gasteiger partial charge < -0.3 is 26.2 Å². The van der Waals surface area contributed by atoms with Crippen molar-refractivity contribution in [3.05, 3.63) is 12.7 Å². The highest BCUT2D eigenvalue weighted by molar-refractivity contribution is 6.38. The summed E-state index contributed by atoms with van der Waals surface area (Å²) >= 11 is 0. The number of Topliss-reactive ketones (excluding diaryl/α,β-unsaturated/α-hetero) is 1. The summed E-state index contributed by atoms with van der Waals surface area (Å²) in [5, 5.41) is 11.2. The molecule has 4 N–H and O–H groups in total. The predicted octanol–water partition coefficient (Wildman–Crippen LogP) is 3.46. The molecule has 7 amide bonds. The lowest BCUT2D eigenvalue weighted by Crippen LogP contribution is -2.62. The highest BCUT2D eigenvalue weighted by Crippen LogP contribution is 2.43. The number of amides is 7. The van der Waals surface area contributed by atoms with E-state index in [9.17, 15) is 33.6 Å². The Kier molecular flexibility index (Phi) is 12.7. The Labute approximate surface area is 309 Å². The smallest absolute Gasteiger partial charge is 0.315 e. The van der Waals surface area contributed by atoms with Gasteiger partial charge in [-0.2, -0.15) is 0 Å². The lowest BCUT2D eigenvalue weighted by molar-refractivity contribution is -0.153. The number of hydrogen-bond acceptors (Lipinski definition) is 7. The minimum atomic E-state index is -1.03. The summed E-state index contributed by atoms with van der Waals surface area (Å²) in [6.45, 7) is 19.1. The van der Waals surface area contributed by atoms with E-state index in [4.69, 9.17) is 0 Å². The minimum Gasteiger partial charge on any atom is -0.346 e. The largest absolute Gasteiger partial charge is 0.346 e. The van der Waals surface area contributed by atoms with Gasteiger partial charge in [-0.3, -0.25) is 33.7 Å². The predicted molar refractivity (Wildman–Crippen MR) is 196 cm³/mol. The van der Waals surface area contributed by atoms with Crippen LogP contribution in [0.2, 0.25) is 0 Å². The number of imide groups is 1. The van der Waals surface area contributed by atoms with Crippen LogP contribution in [0.5, 0.6) is 0 Å². The number of likely N-dealkylation sites (tertiary alicyclic amines) is 2. The molecule has 2 aliphatic heterocycles. The summed E-state index contributed by atoms with van der Waals surface area (Å²) < 4.78 is 0. The van der Waals surface area contributed by atoms with E-state index in [2.05, 4.69) is 27.8 Å². The number of urea groups is 1. The van der Waals surface area contributed by atoms with Crippen molar-refractivity contribution >= 4 is 41.4 Å². The molecule has 2 heterocycles. The van der Waals surface area contributed by atoms with Gasteiger partial charge in [0.1, 0.15) is 12.1 Å². The Morgan fingerprint density at radius 1 is 0.904 bits per heavy atom. The van der Waals surface area contributed by atoms with Crippen LogP contribution < -0.4 is 21.3 Å². The third-order valence-electron chi connectivity index (χ3n) is 11.2. The van der Waals surface area contributed by atoms with Gasteiger partial charge in [-0.25, -0.2) is 4.79 Å². The number of piperidine rings is 1. The summed E-state index contributed by atoms with van der Waals surface area (Å²) in [7, 11) is 0. The normalized spacial score (nSPS) is 24.7. The molecule has 13 heteroatoms. The zero-order valence-corrected chi connectivity index (χ0v) is 32.6. The van der Waals surface area contributed by atoms with Gasteiger partial charge >= 0.3 is 6.03 Å². The second-order valence-corrected chi connectivity index (χ2v) is 18.5. The van der Waals surface area contributed by atoms with Gasteiger partial charge in [0.2, 0.25) is 29.4 Å². The van der Waals surface area contributed by atoms with Crippen molar-refractivity contribution in [2.45, 2.75) is 137 Å². The quantitative estimate of drug-likeness (QED) is 0.121. The first-order valence-electron chi connectivity index (χ1n) is 19.1. The number of carbonyl (C=O) groups is 7. The average Bonchev–Trinajstić information content (AvgIpc) is 3.62. The van der Waals surface area contributed by atoms with Gasteiger partial charge in [-0.05, 0) is 59.7 Å². The van der Waals surface area contributed by atoms with Crippen LogP contribution >= 0.6 is 0 Å². The fourth-order valence-electron chi connectivity index (χ4n) is 7.89. The van der Waals surface area contributed by atoms with Crippen LogP contribution in [0.4, 0.5) is 4.79 Å². The van der Waals surface area contributed by atoms with Gasteiger partial charge in [-0.15, -0.1) is 6.58 Å². The van der Waals surface area contributed by atoms with Crippen LogP contribution in [0.25, 0.3) is 0 Å². The van der Waals surface area contributed by atoms with E-state index >= 15 is 0 Å². The average molecular weight is 727 g/mol. The molecule has 0 aromatic carbocycles. The van der Waals surface area contributed by atoms with Gasteiger partial charge in [0.25, 0.3) is 5.91 Å². The maximum Gasteiger partial charge on any atom is 0.315 e. The molecule has 0 aromatic heterocycles. The minimum absolute atomic E-state index is 0.00275. The summed E-state index contributed by atoms with van der Waals surface area (Å²) in [5.74, 6) is -2.46. The lowest BCUT2D eigenvalue weighted by atomic mass is 9.80. The molecule has 4 aliphatic rings. The fourth-order valence-corrected chi connectivity index (χ4v) is 7.89. The first kappa shape index (κ1) is 41.0. The van der Waals surface area contributed by atoms with E-state index in [1.165, 1.54) is 11.0 Å². The molecule has 2 saturated heterocycles. The third kappa shape index (κ3) is 10.2. The monoisotopic (exact) mass is 726 g/mol. The molecular formula is C39H62N6O7. The van der Waals surface area contributed by atoms with E-state index in [1.54, 1.807) is 4.90 Å². The van der Waals surface area contributed by atoms with E-state index in [-0.39, 0.29) is 49.6 Å². The first-order chi connectivity index (χ1) is 24.1. The zero-order valence-electron chi connectivity index (χ0n) is 32.6. The van der Waals surface area contributed by atoms with E-state index in [0.717, 1.165) is 32.1 Å². The number of ketones is 1. The van der Waals surface area contributed by atoms with Crippen molar-refractivity contribution < 1.29 is 33.6 Å². The van der Waals surface area contributed by atoms with Crippen molar-refractivity contribution in [1.82, 2.24) is 31.1 Å². The van der Waals surface area contributed by atoms with E-state index in [0.29, 0.717) is 25.3 Å². The maximum absolute atomic E-state index is 14.6. The molecule has 2 saturated carbocycles. The molecule has 0 aromatic rings. The first-order valence-corrected chi connectivity index (χ1v) is 19.1. The molecule has 0 bridgehead atoms. The number of hydrogen-bond donors (Lipinski definition) is 4. The number of nitrogens with zero attached hydrogens (tertiary/aromatic N) is 2. The van der Waals surface area contributed by atoms with Gasteiger partial charge in [0.05, 0.1) is 12.1 Å². The van der Waals surface area contributed by atoms with E-state index < -0.39 is 69.9 Å². The third-order valence-corrected chi connectivity index (χ3v) is 11.2. The molecule has 4 fully saturated rings. The van der Waals surface area contributed by atoms with Crippen molar-refractivity contribution in [3.8, 4) is 0 Å². The van der Waals surface area contributed by atoms with Crippen molar-refractivity contribution in [2.75, 3.05) is 19.6 Å². The molecule has 13 nitrogen and oxygen atoms in total. The molecule has 4 rings (SSSR count). The SMILES string of the molecule is C=CCNC(=O)C(=O)[C@H](CCC1CC1)NC(=O)[C@@H]1[C@H]2CCC[C@H]2CN1C(=O)[C@@H](NC(=O)N[C@H](CN1C(=O)CC(C)(C)CC1=O)C(C)(C)C)C(C)(C)C. The highest BCUT2D eigenvalue weighted by atomic mass is 16.2. The fraction of sp³-hybridized carbons (Fsp3) is 0.769. The molecule has 0 radical (unpaired) electrons. The van der Waals surface area contributed by atoms with Crippen LogP contribution in [-0.2, 0) is 28.8 Å². The van der Waals surface area contributed by atoms with Crippen LogP contribution in [0.15, 0.2) is 12.7 Å². The number of nitrogens with one attached hydrogen (secondary N) is 4. The number of rotatable bonds is 14. The Morgan fingerprint density at radius 2 is 1.54 bits per heavy atom. The number of carbonyl (C=O) groups excluding carboxylic acids is 7. The standard InChI is InChI=1S/C39H62N6O7/c1-10-18-40-34(50)31(48)26(17-16-23-14-15-23)41-33(49)30-25-13-11-12-24(25)21-45(30)35(51)32(38(5,6)7)43-36(52)42-27(37(2,3)4)22-44-28(46)19-39(8,9)20-29(44)47/h10,23-27,30,32H,1,11-22H2,2-9H3,(H,40,50)(H,41,49)(H2,42,43,52)/t24-,25-,26-,27+,30-,32+/m0/s1. The Morgan fingerprint density at radius 3 is 2.10 bits per heavy atom. The Bertz CT molecular complexity index is 1400. The second kappa shape index (κ2) is 16.1. The summed E-state index contributed by atoms with van der Waals surface area (Å²) in [6.07, 6.45) is 7.63. The lowest BCUT2D eigenvalue weighted by Gasteiger charge is -2.40. The van der Waals surface area contributed by atoms with Gasteiger partial charge in [-0.1, -0.05) is 80.7 Å². The molecular weight excluding hydrogens is 664 g/mol. The van der Waals surface area contributed by atoms with Crippen molar-refractivity contribution in [2.24, 2.45) is 34.0 Å². The van der Waals surface area contributed by atoms with Gasteiger partial charge in [0, 0.05) is 32.5 Å². The van der Waals surface area contributed by atoms with Crippen molar-refractivity contribution in [3.63, 3.8) is 0 Å².